The summed E-state index contributed by atoms with van der Waals surface area (Å²) in [6.45, 7) is 11.5. The molecule has 36 heavy (non-hydrogen) atoms. The topological polar surface area (TPSA) is 82.4 Å². The van der Waals surface area contributed by atoms with Crippen molar-refractivity contribution < 1.29 is 4.79 Å². The van der Waals surface area contributed by atoms with Gasteiger partial charge < -0.3 is 9.88 Å². The molecule has 1 amide bonds. The highest BCUT2D eigenvalue weighted by Crippen LogP contribution is 2.38. The van der Waals surface area contributed by atoms with Gasteiger partial charge in [0.15, 0.2) is 5.65 Å². The van der Waals surface area contributed by atoms with Crippen molar-refractivity contribution in [3.05, 3.63) is 47.0 Å². The lowest BCUT2D eigenvalue weighted by Gasteiger charge is -2.34. The molecule has 0 bridgehead atoms. The summed E-state index contributed by atoms with van der Waals surface area (Å²) in [6.07, 6.45) is 6.73. The number of amides is 1. The SMILES string of the molecule is Cc1c(-c2[nH]c3ccc(C4CCN(C5CCN(C)C5=O)CC4)nc3c2C(C)C)cn2ncnc2c1C. The molecule has 2 aliphatic heterocycles. The molecule has 1 unspecified atom stereocenters. The fraction of sp³-hybridized carbons (Fsp3) is 0.500. The van der Waals surface area contributed by atoms with Gasteiger partial charge in [-0.1, -0.05) is 13.8 Å². The van der Waals surface area contributed by atoms with E-state index >= 15 is 0 Å². The van der Waals surface area contributed by atoms with E-state index in [1.165, 1.54) is 16.8 Å². The van der Waals surface area contributed by atoms with Crippen LogP contribution in [0.25, 0.3) is 27.9 Å². The van der Waals surface area contributed by atoms with Crippen LogP contribution in [-0.2, 0) is 4.79 Å². The summed E-state index contributed by atoms with van der Waals surface area (Å²) in [6, 6.07) is 4.46. The van der Waals surface area contributed by atoms with Gasteiger partial charge in [0.25, 0.3) is 0 Å². The van der Waals surface area contributed by atoms with Crippen molar-refractivity contribution in [1.29, 1.82) is 0 Å². The van der Waals surface area contributed by atoms with Crippen molar-refractivity contribution >= 4 is 22.6 Å². The molecule has 0 saturated carbocycles. The number of aromatic nitrogens is 5. The fourth-order valence-corrected chi connectivity index (χ4v) is 6.21. The minimum atomic E-state index is 0.0696. The van der Waals surface area contributed by atoms with Gasteiger partial charge in [0, 0.05) is 42.5 Å². The molecular weight excluding hydrogens is 450 g/mol. The molecule has 0 aliphatic carbocycles. The smallest absolute Gasteiger partial charge is 0.239 e. The van der Waals surface area contributed by atoms with Crippen LogP contribution in [0.4, 0.5) is 0 Å². The lowest BCUT2D eigenvalue weighted by Crippen LogP contribution is -2.45. The van der Waals surface area contributed by atoms with Crippen LogP contribution in [0.5, 0.6) is 0 Å². The first-order valence-electron chi connectivity index (χ1n) is 13.1. The molecule has 4 aromatic rings. The maximum atomic E-state index is 12.5. The molecule has 188 valence electrons. The number of carbonyl (C=O) groups is 1. The number of hydrogen-bond donors (Lipinski definition) is 1. The molecule has 2 fully saturated rings. The maximum Gasteiger partial charge on any atom is 0.239 e. The maximum absolute atomic E-state index is 12.5. The second-order valence-corrected chi connectivity index (χ2v) is 10.9. The summed E-state index contributed by atoms with van der Waals surface area (Å²) in [5, 5.41) is 4.40. The van der Waals surface area contributed by atoms with Crippen LogP contribution < -0.4 is 0 Å². The van der Waals surface area contributed by atoms with E-state index in [0.717, 1.165) is 72.4 Å². The third kappa shape index (κ3) is 3.61. The quantitative estimate of drug-likeness (QED) is 0.463. The summed E-state index contributed by atoms with van der Waals surface area (Å²) in [4.78, 5) is 30.1. The number of aryl methyl sites for hydroxylation is 1. The Kier molecular flexibility index (Phi) is 5.59. The lowest BCUT2D eigenvalue weighted by atomic mass is 9.91. The number of likely N-dealkylation sites (N-methyl/N-ethyl adjacent to an activating group) is 1. The number of nitrogens with one attached hydrogen (secondary N) is 1. The van der Waals surface area contributed by atoms with Crippen LogP contribution in [0.15, 0.2) is 24.7 Å². The molecule has 2 saturated heterocycles. The molecule has 6 rings (SSSR count). The van der Waals surface area contributed by atoms with E-state index in [9.17, 15) is 4.79 Å². The summed E-state index contributed by atoms with van der Waals surface area (Å²) < 4.78 is 1.87. The molecule has 2 aliphatic rings. The Labute approximate surface area is 211 Å². The number of piperidine rings is 1. The molecule has 0 radical (unpaired) electrons. The molecule has 8 heteroatoms. The summed E-state index contributed by atoms with van der Waals surface area (Å²) >= 11 is 0. The number of rotatable bonds is 4. The third-order valence-electron chi connectivity index (χ3n) is 8.46. The molecule has 0 aromatic carbocycles. The van der Waals surface area contributed by atoms with E-state index in [1.54, 1.807) is 6.33 Å². The highest BCUT2D eigenvalue weighted by molar-refractivity contribution is 5.89. The minimum Gasteiger partial charge on any atom is -0.353 e. The summed E-state index contributed by atoms with van der Waals surface area (Å²) in [5.41, 5.74) is 10.1. The second-order valence-electron chi connectivity index (χ2n) is 10.9. The number of H-pyrrole nitrogens is 1. The number of hydrogen-bond acceptors (Lipinski definition) is 5. The van der Waals surface area contributed by atoms with Gasteiger partial charge in [-0.05, 0) is 75.4 Å². The number of carbonyl (C=O) groups excluding carboxylic acids is 1. The van der Waals surface area contributed by atoms with Crippen LogP contribution in [0.1, 0.15) is 67.3 Å². The average molecular weight is 486 g/mol. The van der Waals surface area contributed by atoms with Gasteiger partial charge in [-0.15, -0.1) is 0 Å². The van der Waals surface area contributed by atoms with E-state index in [1.807, 2.05) is 16.5 Å². The van der Waals surface area contributed by atoms with Crippen LogP contribution >= 0.6 is 0 Å². The Morgan fingerprint density at radius 2 is 1.83 bits per heavy atom. The van der Waals surface area contributed by atoms with Gasteiger partial charge in [-0.2, -0.15) is 5.10 Å². The number of likely N-dealkylation sites (tertiary alicyclic amines) is 2. The molecule has 6 heterocycles. The van der Waals surface area contributed by atoms with E-state index in [-0.39, 0.29) is 11.9 Å². The highest BCUT2D eigenvalue weighted by Gasteiger charge is 2.36. The normalized spacial score (nSPS) is 20.0. The van der Waals surface area contributed by atoms with E-state index in [2.05, 4.69) is 66.0 Å². The van der Waals surface area contributed by atoms with E-state index < -0.39 is 0 Å². The molecule has 0 spiro atoms. The Morgan fingerprint density at radius 1 is 1.06 bits per heavy atom. The zero-order valence-corrected chi connectivity index (χ0v) is 21.9. The highest BCUT2D eigenvalue weighted by atomic mass is 16.2. The first-order chi connectivity index (χ1) is 17.3. The van der Waals surface area contributed by atoms with Crippen molar-refractivity contribution in [2.75, 3.05) is 26.7 Å². The van der Waals surface area contributed by atoms with Crippen molar-refractivity contribution in [2.45, 2.75) is 64.8 Å². The molecule has 1 N–H and O–H groups in total. The van der Waals surface area contributed by atoms with Crippen LogP contribution in [0.3, 0.4) is 0 Å². The Bertz CT molecular complexity index is 1460. The average Bonchev–Trinajstić information content (AvgIpc) is 3.58. The molecule has 1 atom stereocenters. The predicted molar refractivity (Wildman–Crippen MR) is 141 cm³/mol. The zero-order chi connectivity index (χ0) is 25.1. The monoisotopic (exact) mass is 485 g/mol. The van der Waals surface area contributed by atoms with Crippen molar-refractivity contribution in [2.24, 2.45) is 0 Å². The second kappa shape index (κ2) is 8.69. The molecule has 8 nitrogen and oxygen atoms in total. The minimum absolute atomic E-state index is 0.0696. The van der Waals surface area contributed by atoms with Crippen molar-refractivity contribution in [3.63, 3.8) is 0 Å². The number of nitrogens with zero attached hydrogens (tertiary/aromatic N) is 6. The molecule has 4 aromatic heterocycles. The van der Waals surface area contributed by atoms with Gasteiger partial charge in [-0.3, -0.25) is 14.7 Å². The Morgan fingerprint density at radius 3 is 2.53 bits per heavy atom. The van der Waals surface area contributed by atoms with Crippen LogP contribution in [-0.4, -0.2) is 73.0 Å². The van der Waals surface area contributed by atoms with Crippen molar-refractivity contribution in [3.8, 4) is 11.3 Å². The largest absolute Gasteiger partial charge is 0.353 e. The van der Waals surface area contributed by atoms with Crippen LogP contribution in [0, 0.1) is 13.8 Å². The predicted octanol–water partition coefficient (Wildman–Crippen LogP) is 4.42. The number of pyridine rings is 2. The van der Waals surface area contributed by atoms with E-state index in [4.69, 9.17) is 4.98 Å². The van der Waals surface area contributed by atoms with Crippen molar-refractivity contribution in [1.82, 2.24) is 34.4 Å². The number of fused-ring (bicyclic) bond motifs is 2. The van der Waals surface area contributed by atoms with Gasteiger partial charge >= 0.3 is 0 Å². The number of aromatic amines is 1. The lowest BCUT2D eigenvalue weighted by molar-refractivity contribution is -0.131. The van der Waals surface area contributed by atoms with Gasteiger partial charge in [-0.25, -0.2) is 9.50 Å². The Hall–Kier alpha value is -3.26. The first kappa shape index (κ1) is 23.2. The standard InChI is InChI=1S/C28H35N7O/c1-16(2)24-25(20-14-35-27(29-15-30-35)18(4)17(20)3)32-22-7-6-21(31-26(22)24)19-8-12-34(13-9-19)23-10-11-33(5)28(23)36/h6-7,14-16,19,23,32H,8-13H2,1-5H3. The summed E-state index contributed by atoms with van der Waals surface area (Å²) in [5.74, 6) is 1.02. The van der Waals surface area contributed by atoms with Gasteiger partial charge in [0.1, 0.15) is 6.33 Å². The van der Waals surface area contributed by atoms with Crippen LogP contribution in [0.2, 0.25) is 0 Å². The third-order valence-corrected chi connectivity index (χ3v) is 8.46. The van der Waals surface area contributed by atoms with Gasteiger partial charge in [0.05, 0.1) is 22.8 Å². The Balaban J connectivity index is 1.34. The summed E-state index contributed by atoms with van der Waals surface area (Å²) in [7, 11) is 1.92. The first-order valence-corrected chi connectivity index (χ1v) is 13.1. The molecular formula is C28H35N7O. The zero-order valence-electron chi connectivity index (χ0n) is 21.9. The fourth-order valence-electron chi connectivity index (χ4n) is 6.21. The van der Waals surface area contributed by atoms with Gasteiger partial charge in [0.2, 0.25) is 5.91 Å². The van der Waals surface area contributed by atoms with E-state index in [0.29, 0.717) is 11.8 Å².